The van der Waals surface area contributed by atoms with Crippen LogP contribution >= 0.6 is 0 Å². The van der Waals surface area contributed by atoms with Crippen molar-refractivity contribution in [1.29, 1.82) is 10.7 Å². The fourth-order valence-corrected chi connectivity index (χ4v) is 3.87. The van der Waals surface area contributed by atoms with E-state index in [1.807, 2.05) is 26.2 Å². The van der Waals surface area contributed by atoms with Gasteiger partial charge in [0.15, 0.2) is 12.0 Å². The minimum Gasteiger partial charge on any atom is -0.448 e. The molecule has 0 aliphatic heterocycles. The van der Waals surface area contributed by atoms with Crippen molar-refractivity contribution in [2.75, 3.05) is 32.3 Å². The molecule has 8 nitrogen and oxygen atoms in total. The zero-order valence-electron chi connectivity index (χ0n) is 17.5. The summed E-state index contributed by atoms with van der Waals surface area (Å²) in [4.78, 5) is 12.0. The summed E-state index contributed by atoms with van der Waals surface area (Å²) in [5, 5.41) is 20.3. The number of carbonyl (C=O) groups is 1. The van der Waals surface area contributed by atoms with Crippen LogP contribution in [0.2, 0.25) is 0 Å². The zero-order chi connectivity index (χ0) is 22.4. The van der Waals surface area contributed by atoms with Crippen LogP contribution in [0.3, 0.4) is 0 Å². The van der Waals surface area contributed by atoms with Crippen molar-refractivity contribution in [3.05, 3.63) is 53.6 Å². The molecule has 2 rings (SSSR count). The Kier molecular flexibility index (Phi) is 7.32. The number of quaternary nitrogens is 1. The first kappa shape index (κ1) is 23.1. The highest BCUT2D eigenvalue weighted by Gasteiger charge is 2.21. The fourth-order valence-electron chi connectivity index (χ4n) is 2.72. The molecule has 0 fully saturated rings. The molecule has 2 aromatic carbocycles. The Morgan fingerprint density at radius 1 is 1.33 bits per heavy atom. The lowest BCUT2D eigenvalue weighted by Crippen LogP contribution is -2.38. The average molecular weight is 429 g/mol. The monoisotopic (exact) mass is 428 g/mol. The van der Waals surface area contributed by atoms with Gasteiger partial charge < -0.3 is 10.1 Å². The largest absolute Gasteiger partial charge is 0.448 e. The molecule has 0 radical (unpaired) electrons. The van der Waals surface area contributed by atoms with Gasteiger partial charge >= 0.3 is 6.09 Å². The molecule has 158 valence electrons. The molecule has 30 heavy (non-hydrogen) atoms. The van der Waals surface area contributed by atoms with Crippen LogP contribution in [-0.2, 0) is 21.0 Å². The molecule has 1 unspecified atom stereocenters. The third-order valence-corrected chi connectivity index (χ3v) is 6.04. The normalized spacial score (nSPS) is 12.9. The SMILES string of the molecule is CCOC(=O)N=S(C)(=O)c1cccc(CNc2ccc(C#N)c([N+](C)(C)C=N)c2)c1. The first-order valence-electron chi connectivity index (χ1n) is 9.24. The molecule has 0 saturated carbocycles. The van der Waals surface area contributed by atoms with Crippen LogP contribution in [0.15, 0.2) is 51.7 Å². The smallest absolute Gasteiger partial charge is 0.442 e. The van der Waals surface area contributed by atoms with Gasteiger partial charge in [0.2, 0.25) is 0 Å². The lowest BCUT2D eigenvalue weighted by atomic mass is 10.1. The molecule has 9 heteroatoms. The molecule has 2 N–H and O–H groups in total. The summed E-state index contributed by atoms with van der Waals surface area (Å²) < 4.78 is 21.4. The Morgan fingerprint density at radius 3 is 2.70 bits per heavy atom. The number of amides is 1. The maximum absolute atomic E-state index is 12.8. The Morgan fingerprint density at radius 2 is 2.07 bits per heavy atom. The minimum absolute atomic E-state index is 0.140. The van der Waals surface area contributed by atoms with Crippen LogP contribution in [0.25, 0.3) is 0 Å². The molecule has 1 atom stereocenters. The summed E-state index contributed by atoms with van der Waals surface area (Å²) in [6.07, 6.45) is 1.82. The second-order valence-electron chi connectivity index (χ2n) is 7.11. The van der Waals surface area contributed by atoms with E-state index in [0.29, 0.717) is 22.7 Å². The number of ether oxygens (including phenoxy) is 1. The van der Waals surface area contributed by atoms with Crippen molar-refractivity contribution in [3.8, 4) is 6.07 Å². The topological polar surface area (TPSA) is 115 Å². The zero-order valence-corrected chi connectivity index (χ0v) is 18.3. The van der Waals surface area contributed by atoms with E-state index in [0.717, 1.165) is 11.3 Å². The predicted molar refractivity (Wildman–Crippen MR) is 119 cm³/mol. The van der Waals surface area contributed by atoms with Gasteiger partial charge in [-0.25, -0.2) is 9.00 Å². The summed E-state index contributed by atoms with van der Waals surface area (Å²) in [7, 11) is 0.725. The molecule has 0 aromatic heterocycles. The quantitative estimate of drug-likeness (QED) is 0.393. The van der Waals surface area contributed by atoms with Gasteiger partial charge in [-0.2, -0.15) is 5.26 Å². The molecule has 0 bridgehead atoms. The number of nitrogens with one attached hydrogen (secondary N) is 2. The highest BCUT2D eigenvalue weighted by atomic mass is 32.2. The maximum atomic E-state index is 12.8. The highest BCUT2D eigenvalue weighted by molar-refractivity contribution is 7.93. The average Bonchev–Trinajstić information content (AvgIpc) is 2.72. The van der Waals surface area contributed by atoms with E-state index in [2.05, 4.69) is 15.7 Å². The van der Waals surface area contributed by atoms with Crippen LogP contribution in [0.5, 0.6) is 0 Å². The number of nitriles is 1. The Labute approximate surface area is 177 Å². The van der Waals surface area contributed by atoms with Crippen molar-refractivity contribution < 1.29 is 13.7 Å². The molecule has 0 saturated heterocycles. The number of rotatable bonds is 7. The van der Waals surface area contributed by atoms with Gasteiger partial charge in [0, 0.05) is 29.4 Å². The van der Waals surface area contributed by atoms with E-state index < -0.39 is 15.8 Å². The lowest BCUT2D eigenvalue weighted by molar-refractivity contribution is 0.164. The third-order valence-electron chi connectivity index (χ3n) is 4.41. The van der Waals surface area contributed by atoms with Crippen LogP contribution in [0.1, 0.15) is 18.1 Å². The minimum atomic E-state index is -2.92. The van der Waals surface area contributed by atoms with Crippen LogP contribution in [0, 0.1) is 16.7 Å². The number of hydrogen-bond donors (Lipinski definition) is 2. The lowest BCUT2D eigenvalue weighted by Gasteiger charge is -2.24. The summed E-state index contributed by atoms with van der Waals surface area (Å²) >= 11 is 0. The van der Waals surface area contributed by atoms with Gasteiger partial charge in [0.05, 0.1) is 30.4 Å². The van der Waals surface area contributed by atoms with Crippen molar-refractivity contribution in [3.63, 3.8) is 0 Å². The summed E-state index contributed by atoms with van der Waals surface area (Å²) in [6.45, 7) is 2.27. The molecule has 0 heterocycles. The van der Waals surface area contributed by atoms with Gasteiger partial charge in [-0.3, -0.25) is 9.89 Å². The van der Waals surface area contributed by atoms with Crippen LogP contribution in [0.4, 0.5) is 16.2 Å². The highest BCUT2D eigenvalue weighted by Crippen LogP contribution is 2.27. The Hall–Kier alpha value is -3.22. The molecule has 0 spiro atoms. The molecular weight excluding hydrogens is 402 g/mol. The van der Waals surface area contributed by atoms with Gasteiger partial charge in [-0.1, -0.05) is 12.1 Å². The number of benzene rings is 2. The van der Waals surface area contributed by atoms with Crippen LogP contribution in [-0.4, -0.2) is 43.6 Å². The number of nitrogens with zero attached hydrogens (tertiary/aromatic N) is 3. The third kappa shape index (κ3) is 5.65. The first-order valence-corrected chi connectivity index (χ1v) is 11.2. The summed E-state index contributed by atoms with van der Waals surface area (Å²) in [6, 6.07) is 14.6. The van der Waals surface area contributed by atoms with Gasteiger partial charge in [0.1, 0.15) is 11.6 Å². The predicted octanol–water partition coefficient (Wildman–Crippen LogP) is 3.96. The maximum Gasteiger partial charge on any atom is 0.442 e. The standard InChI is InChI=1S/C21H26N5O3S/c1-5-29-21(27)25-30(4,28)19-8-6-7-16(11-19)14-24-18-10-9-17(13-22)20(12-18)26(2,3)15-23/h6-12,15,23-24H,5,14H2,1-4H3/q+1. The van der Waals surface area contributed by atoms with E-state index in [1.54, 1.807) is 37.3 Å². The summed E-state index contributed by atoms with van der Waals surface area (Å²) in [5.74, 6) is 0. The van der Waals surface area contributed by atoms with Gasteiger partial charge in [0.25, 0.3) is 0 Å². The van der Waals surface area contributed by atoms with Crippen molar-refractivity contribution in [2.24, 2.45) is 4.36 Å². The molecule has 2 aromatic rings. The number of hydrogen-bond acceptors (Lipinski definition) is 6. The van der Waals surface area contributed by atoms with Crippen molar-refractivity contribution >= 4 is 33.5 Å². The van der Waals surface area contributed by atoms with E-state index in [4.69, 9.17) is 10.1 Å². The second kappa shape index (κ2) is 9.52. The van der Waals surface area contributed by atoms with Gasteiger partial charge in [-0.05, 0) is 36.8 Å². The van der Waals surface area contributed by atoms with E-state index >= 15 is 0 Å². The first-order chi connectivity index (χ1) is 14.1. The van der Waals surface area contributed by atoms with Crippen molar-refractivity contribution in [1.82, 2.24) is 4.48 Å². The fraction of sp³-hybridized carbons (Fsp3) is 0.286. The second-order valence-corrected chi connectivity index (χ2v) is 9.37. The summed E-state index contributed by atoms with van der Waals surface area (Å²) in [5.41, 5.74) is 2.85. The van der Waals surface area contributed by atoms with Crippen molar-refractivity contribution in [2.45, 2.75) is 18.4 Å². The Bertz CT molecular complexity index is 1110. The van der Waals surface area contributed by atoms with E-state index in [-0.39, 0.29) is 11.1 Å². The van der Waals surface area contributed by atoms with Crippen LogP contribution < -0.4 is 9.80 Å². The van der Waals surface area contributed by atoms with E-state index in [1.165, 1.54) is 12.6 Å². The molecular formula is C21H26N5O3S+. The van der Waals surface area contributed by atoms with Gasteiger partial charge in [-0.15, -0.1) is 4.36 Å². The van der Waals surface area contributed by atoms with E-state index in [9.17, 15) is 14.3 Å². The number of carbonyl (C=O) groups excluding carboxylic acids is 1. The number of anilines is 1. The molecule has 1 amide bonds. The Balaban J connectivity index is 2.26. The molecule has 0 aliphatic rings. The molecule has 0 aliphatic carbocycles.